The van der Waals surface area contributed by atoms with E-state index < -0.39 is 5.97 Å². The average Bonchev–Trinajstić information content (AvgIpc) is 2.63. The molecule has 0 amide bonds. The molecule has 0 aliphatic carbocycles. The number of carboxylic acids is 1. The Morgan fingerprint density at radius 1 is 1.21 bits per heavy atom. The molecule has 1 N–H and O–H groups in total. The highest BCUT2D eigenvalue weighted by atomic mass is 16.5. The Balaban J connectivity index is 1.55. The molecule has 0 unspecified atom stereocenters. The summed E-state index contributed by atoms with van der Waals surface area (Å²) in [4.78, 5) is 20.9. The number of nitrogens with zero attached hydrogens (tertiary/aromatic N) is 4. The molecule has 1 saturated heterocycles. The number of piperidine rings is 1. The summed E-state index contributed by atoms with van der Waals surface area (Å²) >= 11 is 0. The van der Waals surface area contributed by atoms with E-state index >= 15 is 0 Å². The van der Waals surface area contributed by atoms with Crippen LogP contribution in [0, 0.1) is 11.3 Å². The smallest absolute Gasteiger partial charge is 0.356 e. The highest BCUT2D eigenvalue weighted by Gasteiger charge is 2.22. The van der Waals surface area contributed by atoms with Crippen molar-refractivity contribution in [3.63, 3.8) is 0 Å². The van der Waals surface area contributed by atoms with Crippen LogP contribution in [0.15, 0.2) is 36.7 Å². The third kappa shape index (κ3) is 3.60. The molecule has 122 valence electrons. The fourth-order valence-electron chi connectivity index (χ4n) is 2.60. The Morgan fingerprint density at radius 2 is 1.92 bits per heavy atom. The quantitative estimate of drug-likeness (QED) is 0.919. The van der Waals surface area contributed by atoms with Gasteiger partial charge in [-0.3, -0.25) is 0 Å². The van der Waals surface area contributed by atoms with Crippen molar-refractivity contribution in [1.29, 1.82) is 5.26 Å². The lowest BCUT2D eigenvalue weighted by Crippen LogP contribution is -2.38. The Morgan fingerprint density at radius 3 is 2.46 bits per heavy atom. The maximum atomic E-state index is 10.8. The van der Waals surface area contributed by atoms with Gasteiger partial charge in [-0.15, -0.1) is 0 Å². The standard InChI is InChI=1S/C17H16N4O3/c18-9-12-1-3-13(4-2-12)24-14-5-7-21(8-6-14)16-11-19-15(10-20-16)17(22)23/h1-4,10-11,14H,5-8H2,(H,22,23). The second kappa shape index (κ2) is 6.96. The van der Waals surface area contributed by atoms with Crippen LogP contribution in [0.1, 0.15) is 28.9 Å². The summed E-state index contributed by atoms with van der Waals surface area (Å²) in [5.74, 6) is 0.360. The molecule has 3 rings (SSSR count). The average molecular weight is 324 g/mol. The van der Waals surface area contributed by atoms with Gasteiger partial charge < -0.3 is 14.7 Å². The van der Waals surface area contributed by atoms with Crippen molar-refractivity contribution >= 4 is 11.8 Å². The summed E-state index contributed by atoms with van der Waals surface area (Å²) in [6.45, 7) is 1.53. The molecule has 1 fully saturated rings. The molecular weight excluding hydrogens is 308 g/mol. The van der Waals surface area contributed by atoms with Crippen LogP contribution in [0.25, 0.3) is 0 Å². The third-order valence-corrected chi connectivity index (χ3v) is 3.91. The van der Waals surface area contributed by atoms with Crippen LogP contribution in [-0.4, -0.2) is 40.2 Å². The zero-order valence-corrected chi connectivity index (χ0v) is 12.9. The summed E-state index contributed by atoms with van der Waals surface area (Å²) in [7, 11) is 0. The van der Waals surface area contributed by atoms with E-state index in [1.165, 1.54) is 12.4 Å². The summed E-state index contributed by atoms with van der Waals surface area (Å²) < 4.78 is 5.94. The molecule has 1 aliphatic rings. The Labute approximate surface area is 139 Å². The number of hydrogen-bond donors (Lipinski definition) is 1. The molecule has 2 aromatic rings. The van der Waals surface area contributed by atoms with Gasteiger partial charge in [0.2, 0.25) is 0 Å². The summed E-state index contributed by atoms with van der Waals surface area (Å²) in [5.41, 5.74) is 0.554. The second-order valence-corrected chi connectivity index (χ2v) is 5.51. The number of hydrogen-bond acceptors (Lipinski definition) is 6. The molecule has 7 nitrogen and oxygen atoms in total. The first kappa shape index (κ1) is 15.7. The van der Waals surface area contributed by atoms with Crippen LogP contribution in [-0.2, 0) is 0 Å². The fourth-order valence-corrected chi connectivity index (χ4v) is 2.60. The number of benzene rings is 1. The molecular formula is C17H16N4O3. The Kier molecular flexibility index (Phi) is 4.57. The van der Waals surface area contributed by atoms with E-state index in [0.717, 1.165) is 31.7 Å². The van der Waals surface area contributed by atoms with Crippen LogP contribution < -0.4 is 9.64 Å². The second-order valence-electron chi connectivity index (χ2n) is 5.51. The van der Waals surface area contributed by atoms with Gasteiger partial charge in [0.15, 0.2) is 5.69 Å². The maximum Gasteiger partial charge on any atom is 0.356 e. The first-order valence-electron chi connectivity index (χ1n) is 7.63. The number of aromatic carboxylic acids is 1. The lowest BCUT2D eigenvalue weighted by atomic mass is 10.1. The minimum Gasteiger partial charge on any atom is -0.490 e. The van der Waals surface area contributed by atoms with Gasteiger partial charge in [-0.05, 0) is 24.3 Å². The van der Waals surface area contributed by atoms with Gasteiger partial charge in [-0.1, -0.05) is 0 Å². The number of carboxylic acid groups (broad SMARTS) is 1. The molecule has 2 heterocycles. The molecule has 1 aromatic carbocycles. The lowest BCUT2D eigenvalue weighted by molar-refractivity contribution is 0.0690. The van der Waals surface area contributed by atoms with Crippen molar-refractivity contribution < 1.29 is 14.6 Å². The predicted octanol–water partition coefficient (Wildman–Crippen LogP) is 2.09. The monoisotopic (exact) mass is 324 g/mol. The van der Waals surface area contributed by atoms with Crippen LogP contribution >= 0.6 is 0 Å². The zero-order chi connectivity index (χ0) is 16.9. The van der Waals surface area contributed by atoms with Crippen molar-refractivity contribution in [2.75, 3.05) is 18.0 Å². The van der Waals surface area contributed by atoms with Gasteiger partial charge >= 0.3 is 5.97 Å². The largest absolute Gasteiger partial charge is 0.490 e. The number of aromatic nitrogens is 2. The minimum absolute atomic E-state index is 0.0576. The van der Waals surface area contributed by atoms with Crippen molar-refractivity contribution in [2.24, 2.45) is 0 Å². The topological polar surface area (TPSA) is 99.3 Å². The van der Waals surface area contributed by atoms with E-state index in [1.807, 2.05) is 0 Å². The highest BCUT2D eigenvalue weighted by molar-refractivity contribution is 5.84. The summed E-state index contributed by atoms with van der Waals surface area (Å²) in [6, 6.07) is 9.17. The number of anilines is 1. The normalized spacial score (nSPS) is 14.9. The molecule has 0 saturated carbocycles. The lowest BCUT2D eigenvalue weighted by Gasteiger charge is -2.32. The third-order valence-electron chi connectivity index (χ3n) is 3.91. The van der Waals surface area contributed by atoms with Crippen molar-refractivity contribution in [3.8, 4) is 11.8 Å². The molecule has 0 radical (unpaired) electrons. The van der Waals surface area contributed by atoms with Crippen molar-refractivity contribution in [3.05, 3.63) is 47.9 Å². The van der Waals surface area contributed by atoms with Gasteiger partial charge in [0.1, 0.15) is 17.7 Å². The van der Waals surface area contributed by atoms with Gasteiger partial charge in [-0.25, -0.2) is 14.8 Å². The number of carbonyl (C=O) groups is 1. The minimum atomic E-state index is -1.08. The van der Waals surface area contributed by atoms with E-state index in [4.69, 9.17) is 15.1 Å². The fraction of sp³-hybridized carbons (Fsp3) is 0.294. The van der Waals surface area contributed by atoms with Crippen LogP contribution in [0.4, 0.5) is 5.82 Å². The van der Waals surface area contributed by atoms with Crippen LogP contribution in [0.5, 0.6) is 5.75 Å². The molecule has 0 spiro atoms. The number of ether oxygens (including phenoxy) is 1. The van der Waals surface area contributed by atoms with Crippen LogP contribution in [0.3, 0.4) is 0 Å². The maximum absolute atomic E-state index is 10.8. The van der Waals surface area contributed by atoms with E-state index in [0.29, 0.717) is 11.4 Å². The number of rotatable bonds is 4. The molecule has 24 heavy (non-hydrogen) atoms. The summed E-state index contributed by atoms with van der Waals surface area (Å²) in [5, 5.41) is 17.6. The molecule has 1 aliphatic heterocycles. The Bertz CT molecular complexity index is 745. The first-order valence-corrected chi connectivity index (χ1v) is 7.63. The van der Waals surface area contributed by atoms with E-state index in [9.17, 15) is 4.79 Å². The molecule has 7 heteroatoms. The van der Waals surface area contributed by atoms with Gasteiger partial charge in [-0.2, -0.15) is 5.26 Å². The molecule has 0 bridgehead atoms. The van der Waals surface area contributed by atoms with E-state index in [-0.39, 0.29) is 11.8 Å². The highest BCUT2D eigenvalue weighted by Crippen LogP contribution is 2.22. The molecule has 1 aromatic heterocycles. The molecule has 0 atom stereocenters. The summed E-state index contributed by atoms with van der Waals surface area (Å²) in [6.07, 6.45) is 4.55. The van der Waals surface area contributed by atoms with E-state index in [1.54, 1.807) is 24.3 Å². The first-order chi connectivity index (χ1) is 11.7. The van der Waals surface area contributed by atoms with Gasteiger partial charge in [0, 0.05) is 25.9 Å². The number of nitriles is 1. The zero-order valence-electron chi connectivity index (χ0n) is 12.9. The van der Waals surface area contributed by atoms with Crippen LogP contribution in [0.2, 0.25) is 0 Å². The predicted molar refractivity (Wildman–Crippen MR) is 86.0 cm³/mol. The Hall–Kier alpha value is -3.14. The van der Waals surface area contributed by atoms with Gasteiger partial charge in [0.05, 0.1) is 24.0 Å². The van der Waals surface area contributed by atoms with Crippen molar-refractivity contribution in [2.45, 2.75) is 18.9 Å². The SMILES string of the molecule is N#Cc1ccc(OC2CCN(c3cnc(C(=O)O)cn3)CC2)cc1. The van der Waals surface area contributed by atoms with E-state index in [2.05, 4.69) is 20.9 Å². The van der Waals surface area contributed by atoms with Gasteiger partial charge in [0.25, 0.3) is 0 Å². The van der Waals surface area contributed by atoms with Crippen molar-refractivity contribution in [1.82, 2.24) is 9.97 Å².